The minimum Gasteiger partial charge on any atom is -0.341 e. The lowest BCUT2D eigenvalue weighted by molar-refractivity contribution is -0.233. The molecular formula is C39H50N2O2. The highest BCUT2D eigenvalue weighted by Crippen LogP contribution is 2.62. The number of rotatable bonds is 12. The van der Waals surface area contributed by atoms with Crippen molar-refractivity contribution < 1.29 is 10.1 Å². The summed E-state index contributed by atoms with van der Waals surface area (Å²) in [5, 5.41) is 18.7. The van der Waals surface area contributed by atoms with Crippen molar-refractivity contribution in [3.05, 3.63) is 88.0 Å². The van der Waals surface area contributed by atoms with Crippen LogP contribution in [-0.4, -0.2) is 18.4 Å². The van der Waals surface area contributed by atoms with E-state index >= 15 is 0 Å². The molecular weight excluding hydrogens is 528 g/mol. The molecule has 3 aliphatic carbocycles. The van der Waals surface area contributed by atoms with E-state index in [9.17, 15) is 5.26 Å². The van der Waals surface area contributed by atoms with Gasteiger partial charge in [-0.3, -0.25) is 5.26 Å². The molecule has 2 aromatic carbocycles. The first-order valence-electron chi connectivity index (χ1n) is 16.5. The van der Waals surface area contributed by atoms with Crippen molar-refractivity contribution in [2.45, 2.75) is 97.8 Å². The molecule has 0 radical (unpaired) electrons. The van der Waals surface area contributed by atoms with Crippen LogP contribution in [0.2, 0.25) is 0 Å². The van der Waals surface area contributed by atoms with Crippen molar-refractivity contribution in [1.82, 2.24) is 0 Å². The summed E-state index contributed by atoms with van der Waals surface area (Å²) in [5.74, 6) is 0.806. The average Bonchev–Trinajstić information content (AvgIpc) is 3.00. The molecule has 43 heavy (non-hydrogen) atoms. The van der Waals surface area contributed by atoms with E-state index in [0.717, 1.165) is 25.0 Å². The highest BCUT2D eigenvalue weighted by Gasteiger charge is 2.53. The zero-order chi connectivity index (χ0) is 30.6. The summed E-state index contributed by atoms with van der Waals surface area (Å²) in [6.07, 6.45) is 18.0. The van der Waals surface area contributed by atoms with E-state index in [-0.39, 0.29) is 17.4 Å². The molecule has 228 valence electrons. The number of anilines is 2. The molecule has 0 aromatic heterocycles. The maximum Gasteiger partial charge on any atom is 0.117 e. The zero-order valence-corrected chi connectivity index (χ0v) is 27.0. The molecule has 0 amide bonds. The van der Waals surface area contributed by atoms with Crippen LogP contribution in [0.5, 0.6) is 0 Å². The summed E-state index contributed by atoms with van der Waals surface area (Å²) >= 11 is 0. The number of hydrogen-bond acceptors (Lipinski definition) is 4. The van der Waals surface area contributed by atoms with E-state index in [4.69, 9.17) is 5.26 Å². The number of unbranched alkanes of at least 4 members (excludes halogenated alkanes) is 5. The van der Waals surface area contributed by atoms with Gasteiger partial charge in [-0.05, 0) is 100 Å². The number of nitrogens with zero attached hydrogens (tertiary/aromatic N) is 2. The van der Waals surface area contributed by atoms with Gasteiger partial charge in [0.15, 0.2) is 0 Å². The van der Waals surface area contributed by atoms with Crippen LogP contribution in [-0.2, 0) is 16.7 Å². The Hall–Kier alpha value is -3.13. The van der Waals surface area contributed by atoms with E-state index in [1.807, 2.05) is 0 Å². The Kier molecular flexibility index (Phi) is 9.64. The molecule has 6 rings (SSSR count). The Labute approximate surface area is 259 Å². The molecule has 4 nitrogen and oxygen atoms in total. The molecule has 1 heterocycles. The fourth-order valence-electron chi connectivity index (χ4n) is 7.60. The van der Waals surface area contributed by atoms with Gasteiger partial charge in [-0.2, -0.15) is 5.26 Å². The molecule has 2 unspecified atom stereocenters. The maximum absolute atomic E-state index is 9.70. The molecule has 4 heteroatoms. The molecule has 2 atom stereocenters. The fraction of sp³-hybridized carbons (Fsp3) is 0.513. The van der Waals surface area contributed by atoms with Gasteiger partial charge in [-0.25, -0.2) is 4.89 Å². The number of fused-ring (bicyclic) bond motifs is 2. The first-order valence-corrected chi connectivity index (χ1v) is 16.5. The minimum atomic E-state index is -0.0607. The lowest BCUT2D eigenvalue weighted by Crippen LogP contribution is -2.49. The van der Waals surface area contributed by atoms with E-state index in [2.05, 4.69) is 111 Å². The van der Waals surface area contributed by atoms with Crippen LogP contribution in [0.3, 0.4) is 0 Å². The molecule has 2 aromatic rings. The van der Waals surface area contributed by atoms with Crippen LogP contribution < -0.4 is 4.90 Å². The molecule has 1 saturated carbocycles. The van der Waals surface area contributed by atoms with Gasteiger partial charge in [0.1, 0.15) is 6.61 Å². The molecule has 1 aliphatic heterocycles. The zero-order valence-electron chi connectivity index (χ0n) is 27.0. The Morgan fingerprint density at radius 1 is 1.00 bits per heavy atom. The predicted molar refractivity (Wildman–Crippen MR) is 178 cm³/mol. The molecule has 0 spiro atoms. The van der Waals surface area contributed by atoms with Gasteiger partial charge >= 0.3 is 0 Å². The summed E-state index contributed by atoms with van der Waals surface area (Å²) < 4.78 is 0. The van der Waals surface area contributed by atoms with Gasteiger partial charge in [-0.1, -0.05) is 103 Å². The molecule has 1 fully saturated rings. The summed E-state index contributed by atoms with van der Waals surface area (Å²) in [7, 11) is 0. The highest BCUT2D eigenvalue weighted by atomic mass is 17.1. The lowest BCUT2D eigenvalue weighted by Gasteiger charge is -2.57. The smallest absolute Gasteiger partial charge is 0.117 e. The van der Waals surface area contributed by atoms with E-state index in [0.29, 0.717) is 17.4 Å². The van der Waals surface area contributed by atoms with Crippen molar-refractivity contribution in [2.75, 3.05) is 18.1 Å². The predicted octanol–water partition coefficient (Wildman–Crippen LogP) is 10.3. The van der Waals surface area contributed by atoms with Crippen LogP contribution in [0.25, 0.3) is 6.08 Å². The second kappa shape index (κ2) is 13.2. The van der Waals surface area contributed by atoms with Crippen molar-refractivity contribution >= 4 is 17.5 Å². The third-order valence-electron chi connectivity index (χ3n) is 10.6. The Morgan fingerprint density at radius 3 is 2.44 bits per heavy atom. The van der Waals surface area contributed by atoms with Gasteiger partial charge in [0.05, 0.1) is 11.6 Å². The largest absolute Gasteiger partial charge is 0.341 e. The highest BCUT2D eigenvalue weighted by molar-refractivity contribution is 5.72. The van der Waals surface area contributed by atoms with Crippen molar-refractivity contribution in [3.8, 4) is 6.07 Å². The summed E-state index contributed by atoms with van der Waals surface area (Å²) in [6.45, 7) is 12.5. The van der Waals surface area contributed by atoms with Gasteiger partial charge in [0, 0.05) is 17.9 Å². The SMILES string of the molecule is CCCCCCCCc1ccc(N2CCC(C)(C)c3cc(/C=C/C4=CC(=C(\C#N)COO)/C5CC4C5(C)C)ccc32)cc1. The standard InChI is InChI=1S/C39H50N2O2/c1-6-7-8-9-10-11-12-28-14-18-32(19-15-28)41-22-21-38(2,3)36-23-29(16-20-37(36)41)13-17-30-24-33(31(26-40)27-43-42)35-25-34(30)39(35,4)5/h13-20,23-24,34-35,42H,6-12,21-22,25,27H2,1-5H3/b17-13+,33-31-. The molecule has 4 aliphatic rings. The number of allylic oxidation sites excluding steroid dienone is 4. The average molecular weight is 579 g/mol. The topological polar surface area (TPSA) is 56.5 Å². The Morgan fingerprint density at radius 2 is 1.74 bits per heavy atom. The summed E-state index contributed by atoms with van der Waals surface area (Å²) in [5.41, 5.74) is 9.61. The van der Waals surface area contributed by atoms with E-state index in [1.165, 1.54) is 78.6 Å². The van der Waals surface area contributed by atoms with Gasteiger partial charge in [0.2, 0.25) is 0 Å². The Balaban J connectivity index is 1.34. The molecule has 1 N–H and O–H groups in total. The first kappa shape index (κ1) is 31.3. The fourth-order valence-corrected chi connectivity index (χ4v) is 7.60. The van der Waals surface area contributed by atoms with E-state index in [1.54, 1.807) is 0 Å². The monoisotopic (exact) mass is 578 g/mol. The number of nitriles is 1. The van der Waals surface area contributed by atoms with Gasteiger partial charge < -0.3 is 4.90 Å². The van der Waals surface area contributed by atoms with Crippen LogP contribution >= 0.6 is 0 Å². The quantitative estimate of drug-likeness (QED) is 0.118. The van der Waals surface area contributed by atoms with Crippen molar-refractivity contribution in [2.24, 2.45) is 17.3 Å². The van der Waals surface area contributed by atoms with Crippen LogP contribution in [0.4, 0.5) is 11.4 Å². The number of benzene rings is 2. The van der Waals surface area contributed by atoms with Crippen LogP contribution in [0.15, 0.2) is 71.3 Å². The van der Waals surface area contributed by atoms with Crippen LogP contribution in [0.1, 0.15) is 103 Å². The second-order valence-corrected chi connectivity index (χ2v) is 14.2. The van der Waals surface area contributed by atoms with Gasteiger partial charge in [0.25, 0.3) is 0 Å². The summed E-state index contributed by atoms with van der Waals surface area (Å²) in [6, 6.07) is 18.5. The van der Waals surface area contributed by atoms with Crippen molar-refractivity contribution in [3.63, 3.8) is 0 Å². The van der Waals surface area contributed by atoms with Crippen LogP contribution in [0, 0.1) is 28.6 Å². The summed E-state index contributed by atoms with van der Waals surface area (Å²) in [4.78, 5) is 6.86. The minimum absolute atomic E-state index is 0.0607. The second-order valence-electron chi connectivity index (χ2n) is 14.2. The Bertz CT molecular complexity index is 1420. The maximum atomic E-state index is 9.70. The number of hydrogen-bond donors (Lipinski definition) is 1. The first-order chi connectivity index (χ1) is 20.7. The lowest BCUT2D eigenvalue weighted by atomic mass is 9.47. The third-order valence-corrected chi connectivity index (χ3v) is 10.6. The third kappa shape index (κ3) is 6.54. The van der Waals surface area contributed by atoms with Crippen molar-refractivity contribution in [1.29, 1.82) is 5.26 Å². The van der Waals surface area contributed by atoms with E-state index < -0.39 is 0 Å². The molecule has 2 bridgehead atoms. The van der Waals surface area contributed by atoms with Gasteiger partial charge in [-0.15, -0.1) is 0 Å². The normalized spacial score (nSPS) is 22.9. The number of aryl methyl sites for hydroxylation is 1. The molecule has 0 saturated heterocycles.